The van der Waals surface area contributed by atoms with E-state index in [1.54, 1.807) is 38.5 Å². The lowest BCUT2D eigenvalue weighted by Crippen LogP contribution is -2.19. The smallest absolute Gasteiger partial charge is 0.326 e. The molecule has 0 unspecified atom stereocenters. The van der Waals surface area contributed by atoms with Gasteiger partial charge >= 0.3 is 6.03 Å². The van der Waals surface area contributed by atoms with Crippen molar-refractivity contribution in [3.63, 3.8) is 0 Å². The van der Waals surface area contributed by atoms with Crippen LogP contribution in [0, 0.1) is 0 Å². The molecule has 0 aliphatic heterocycles. The number of methoxy groups -OCH3 is 2. The van der Waals surface area contributed by atoms with Gasteiger partial charge in [0.05, 0.1) is 19.9 Å². The third-order valence-electron chi connectivity index (χ3n) is 5.18. The summed E-state index contributed by atoms with van der Waals surface area (Å²) >= 11 is 0. The fourth-order valence-electron chi connectivity index (χ4n) is 3.39. The van der Waals surface area contributed by atoms with E-state index in [9.17, 15) is 4.79 Å². The maximum Gasteiger partial charge on any atom is 0.326 e. The van der Waals surface area contributed by atoms with Gasteiger partial charge in [-0.3, -0.25) is 5.32 Å². The number of nitrogens with zero attached hydrogens (tertiary/aromatic N) is 1. The van der Waals surface area contributed by atoms with Crippen molar-refractivity contribution in [2.24, 2.45) is 0 Å². The molecule has 0 aliphatic carbocycles. The number of aromatic nitrogens is 1. The van der Waals surface area contributed by atoms with Crippen LogP contribution in [-0.2, 0) is 5.41 Å². The van der Waals surface area contributed by atoms with E-state index in [0.717, 1.165) is 16.5 Å². The Labute approximate surface area is 197 Å². The minimum atomic E-state index is -0.448. The van der Waals surface area contributed by atoms with Crippen molar-refractivity contribution in [1.82, 2.24) is 5.16 Å². The highest BCUT2D eigenvalue weighted by Crippen LogP contribution is 2.38. The van der Waals surface area contributed by atoms with Crippen LogP contribution in [0.1, 0.15) is 26.5 Å². The van der Waals surface area contributed by atoms with E-state index in [4.69, 9.17) is 18.7 Å². The third kappa shape index (κ3) is 5.06. The molecule has 2 amide bonds. The molecule has 34 heavy (non-hydrogen) atoms. The minimum absolute atomic E-state index is 0.178. The summed E-state index contributed by atoms with van der Waals surface area (Å²) in [5.41, 5.74) is 1.13. The van der Waals surface area contributed by atoms with Crippen LogP contribution < -0.4 is 24.8 Å². The molecule has 0 saturated carbocycles. The molecule has 0 fully saturated rings. The van der Waals surface area contributed by atoms with Gasteiger partial charge in [0, 0.05) is 28.6 Å². The molecule has 3 aromatic carbocycles. The highest BCUT2D eigenvalue weighted by Gasteiger charge is 2.19. The Hall–Kier alpha value is -4.20. The van der Waals surface area contributed by atoms with Crippen LogP contribution in [0.4, 0.5) is 16.4 Å². The molecule has 176 valence electrons. The molecule has 0 atom stereocenters. The van der Waals surface area contributed by atoms with E-state index in [-0.39, 0.29) is 11.3 Å². The molecule has 0 bridgehead atoms. The molecule has 8 heteroatoms. The topological polar surface area (TPSA) is 94.9 Å². The number of anilines is 2. The Morgan fingerprint density at radius 3 is 2.32 bits per heavy atom. The molecule has 0 saturated heterocycles. The fourth-order valence-corrected chi connectivity index (χ4v) is 3.39. The van der Waals surface area contributed by atoms with Crippen molar-refractivity contribution in [3.05, 3.63) is 66.4 Å². The lowest BCUT2D eigenvalue weighted by atomic mass is 9.92. The number of carbonyl (C=O) groups excluding carboxylic acids is 1. The van der Waals surface area contributed by atoms with Crippen molar-refractivity contribution in [3.8, 4) is 23.0 Å². The summed E-state index contributed by atoms with van der Waals surface area (Å²) in [6, 6.07) is 17.9. The number of rotatable bonds is 6. The molecule has 0 spiro atoms. The van der Waals surface area contributed by atoms with Crippen molar-refractivity contribution >= 4 is 28.4 Å². The molecule has 4 rings (SSSR count). The second kappa shape index (κ2) is 9.35. The summed E-state index contributed by atoms with van der Waals surface area (Å²) in [5, 5.41) is 11.3. The van der Waals surface area contributed by atoms with Gasteiger partial charge in [0.2, 0.25) is 5.88 Å². The monoisotopic (exact) mass is 461 g/mol. The fraction of sp³-hybridized carbons (Fsp3) is 0.231. The first-order chi connectivity index (χ1) is 16.3. The lowest BCUT2D eigenvalue weighted by Gasteiger charge is -2.13. The molecular weight excluding hydrogens is 434 g/mol. The van der Waals surface area contributed by atoms with Gasteiger partial charge < -0.3 is 24.1 Å². The summed E-state index contributed by atoms with van der Waals surface area (Å²) in [6.45, 7) is 6.05. The first-order valence-corrected chi connectivity index (χ1v) is 10.7. The standard InChI is InChI=1S/C26H27N3O5/c1-26(2,3)23-15-24(34-29-23)28-25(30)27-17-9-7-10-18(13-17)33-20-11-6-8-16-12-21(31-4)22(32-5)14-19(16)20/h6-15H,1-5H3,(H2,27,28,30). The van der Waals surface area contributed by atoms with Crippen LogP contribution in [0.25, 0.3) is 10.8 Å². The quantitative estimate of drug-likeness (QED) is 0.337. The summed E-state index contributed by atoms with van der Waals surface area (Å²) < 4.78 is 22.2. The van der Waals surface area contributed by atoms with Gasteiger partial charge in [-0.25, -0.2) is 4.79 Å². The maximum absolute atomic E-state index is 12.4. The second-order valence-electron chi connectivity index (χ2n) is 8.72. The van der Waals surface area contributed by atoms with Crippen molar-refractivity contribution < 1.29 is 23.5 Å². The summed E-state index contributed by atoms with van der Waals surface area (Å²) in [5.74, 6) is 2.74. The van der Waals surface area contributed by atoms with Crippen LogP contribution in [0.2, 0.25) is 0 Å². The first-order valence-electron chi connectivity index (χ1n) is 10.7. The van der Waals surface area contributed by atoms with Crippen molar-refractivity contribution in [1.29, 1.82) is 0 Å². The number of hydrogen-bond acceptors (Lipinski definition) is 6. The number of fused-ring (bicyclic) bond motifs is 1. The Morgan fingerprint density at radius 1 is 0.882 bits per heavy atom. The number of hydrogen-bond donors (Lipinski definition) is 2. The van der Waals surface area contributed by atoms with Crippen molar-refractivity contribution in [2.75, 3.05) is 24.9 Å². The predicted octanol–water partition coefficient (Wildman–Crippen LogP) is 6.58. The summed E-state index contributed by atoms with van der Waals surface area (Å²) in [7, 11) is 3.20. The van der Waals surface area contributed by atoms with Gasteiger partial charge in [-0.1, -0.05) is 44.1 Å². The van der Waals surface area contributed by atoms with Crippen LogP contribution in [0.15, 0.2) is 65.2 Å². The molecule has 1 aromatic heterocycles. The van der Waals surface area contributed by atoms with Crippen LogP contribution in [-0.4, -0.2) is 25.4 Å². The van der Waals surface area contributed by atoms with E-state index in [1.807, 2.05) is 57.2 Å². The van der Waals surface area contributed by atoms with Crippen LogP contribution in [0.3, 0.4) is 0 Å². The number of benzene rings is 3. The molecule has 4 aromatic rings. The Balaban J connectivity index is 1.50. The van der Waals surface area contributed by atoms with Gasteiger partial charge in [-0.2, -0.15) is 0 Å². The van der Waals surface area contributed by atoms with E-state index in [0.29, 0.717) is 28.7 Å². The Morgan fingerprint density at radius 2 is 1.62 bits per heavy atom. The number of ether oxygens (including phenoxy) is 3. The number of carbonyl (C=O) groups is 1. The van der Waals surface area contributed by atoms with E-state index >= 15 is 0 Å². The van der Waals surface area contributed by atoms with E-state index in [2.05, 4.69) is 15.8 Å². The van der Waals surface area contributed by atoms with E-state index in [1.165, 1.54) is 0 Å². The minimum Gasteiger partial charge on any atom is -0.493 e. The highest BCUT2D eigenvalue weighted by molar-refractivity contribution is 5.99. The third-order valence-corrected chi connectivity index (χ3v) is 5.18. The Bertz CT molecular complexity index is 1320. The number of urea groups is 1. The molecule has 0 radical (unpaired) electrons. The second-order valence-corrected chi connectivity index (χ2v) is 8.72. The predicted molar refractivity (Wildman–Crippen MR) is 131 cm³/mol. The lowest BCUT2D eigenvalue weighted by molar-refractivity contribution is 0.261. The van der Waals surface area contributed by atoms with Crippen molar-refractivity contribution in [2.45, 2.75) is 26.2 Å². The SMILES string of the molecule is COc1cc2cccc(Oc3cccc(NC(=O)Nc4cc(C(C)(C)C)no4)c3)c2cc1OC. The van der Waals surface area contributed by atoms with Crippen LogP contribution in [0.5, 0.6) is 23.0 Å². The molecule has 1 heterocycles. The van der Waals surface area contributed by atoms with Gasteiger partial charge in [0.15, 0.2) is 11.5 Å². The number of amides is 2. The molecule has 8 nitrogen and oxygen atoms in total. The molecule has 2 N–H and O–H groups in total. The van der Waals surface area contributed by atoms with E-state index < -0.39 is 6.03 Å². The van der Waals surface area contributed by atoms with Gasteiger partial charge in [0.25, 0.3) is 0 Å². The maximum atomic E-state index is 12.4. The largest absolute Gasteiger partial charge is 0.493 e. The average Bonchev–Trinajstić information content (AvgIpc) is 3.27. The van der Waals surface area contributed by atoms with Crippen LogP contribution >= 0.6 is 0 Å². The zero-order valence-corrected chi connectivity index (χ0v) is 19.8. The summed E-state index contributed by atoms with van der Waals surface area (Å²) in [6.07, 6.45) is 0. The summed E-state index contributed by atoms with van der Waals surface area (Å²) in [4.78, 5) is 12.4. The van der Waals surface area contributed by atoms with Gasteiger partial charge in [-0.05, 0) is 35.7 Å². The zero-order chi connectivity index (χ0) is 24.3. The first kappa shape index (κ1) is 23.0. The highest BCUT2D eigenvalue weighted by atomic mass is 16.5. The van der Waals surface area contributed by atoms with Gasteiger partial charge in [0.1, 0.15) is 11.5 Å². The zero-order valence-electron chi connectivity index (χ0n) is 19.8. The average molecular weight is 462 g/mol. The molecular formula is C26H27N3O5. The molecule has 0 aliphatic rings. The van der Waals surface area contributed by atoms with Gasteiger partial charge in [-0.15, -0.1) is 0 Å². The number of nitrogens with one attached hydrogen (secondary N) is 2. The normalized spacial score (nSPS) is 11.2. The Kier molecular flexibility index (Phi) is 6.32.